The van der Waals surface area contributed by atoms with E-state index in [4.69, 9.17) is 0 Å². The monoisotopic (exact) mass is 182 g/mol. The van der Waals surface area contributed by atoms with Crippen LogP contribution in [-0.4, -0.2) is 29.6 Å². The Balaban J connectivity index is 2.48. The molecule has 0 fully saturated rings. The van der Waals surface area contributed by atoms with Gasteiger partial charge in [-0.1, -0.05) is 18.5 Å². The normalized spacial score (nSPS) is 10.0. The van der Waals surface area contributed by atoms with Crippen molar-refractivity contribution in [2.45, 2.75) is 19.8 Å². The minimum atomic E-state index is -0.0327. The molecule has 0 bridgehead atoms. The summed E-state index contributed by atoms with van der Waals surface area (Å²) in [4.78, 5) is 13.2. The van der Waals surface area contributed by atoms with Gasteiger partial charge in [-0.05, 0) is 6.42 Å². The fourth-order valence-corrected chi connectivity index (χ4v) is 1.03. The van der Waals surface area contributed by atoms with E-state index in [9.17, 15) is 4.79 Å². The standard InChI is InChI=1S/C9H14N2O2/c1-3-4-5-11(2)9(12)8-6-10-13-7-8/h6-7H,3-5H2,1-2H3. The molecule has 0 saturated carbocycles. The van der Waals surface area contributed by atoms with Gasteiger partial charge in [0.15, 0.2) is 0 Å². The predicted octanol–water partition coefficient (Wildman–Crippen LogP) is 1.55. The van der Waals surface area contributed by atoms with Gasteiger partial charge in [0.1, 0.15) is 6.26 Å². The predicted molar refractivity (Wildman–Crippen MR) is 48.4 cm³/mol. The Hall–Kier alpha value is -1.32. The Morgan fingerprint density at radius 2 is 2.46 bits per heavy atom. The van der Waals surface area contributed by atoms with Crippen LogP contribution in [-0.2, 0) is 0 Å². The van der Waals surface area contributed by atoms with Crippen LogP contribution in [0.15, 0.2) is 17.0 Å². The van der Waals surface area contributed by atoms with Crippen molar-refractivity contribution >= 4 is 5.91 Å². The van der Waals surface area contributed by atoms with Crippen LogP contribution in [0.3, 0.4) is 0 Å². The summed E-state index contributed by atoms with van der Waals surface area (Å²) < 4.78 is 4.59. The summed E-state index contributed by atoms with van der Waals surface area (Å²) in [5.41, 5.74) is 0.513. The lowest BCUT2D eigenvalue weighted by atomic mass is 10.3. The van der Waals surface area contributed by atoms with E-state index in [0.717, 1.165) is 19.4 Å². The zero-order valence-corrected chi connectivity index (χ0v) is 7.99. The third-order valence-electron chi connectivity index (χ3n) is 1.87. The van der Waals surface area contributed by atoms with Gasteiger partial charge in [0.25, 0.3) is 5.91 Å². The molecular weight excluding hydrogens is 168 g/mol. The lowest BCUT2D eigenvalue weighted by Gasteiger charge is -2.14. The first-order chi connectivity index (χ1) is 6.25. The van der Waals surface area contributed by atoms with Crippen LogP contribution in [0.2, 0.25) is 0 Å². The quantitative estimate of drug-likeness (QED) is 0.709. The van der Waals surface area contributed by atoms with Crippen LogP contribution < -0.4 is 0 Å². The van der Waals surface area contributed by atoms with Crippen molar-refractivity contribution in [1.82, 2.24) is 10.1 Å². The van der Waals surface area contributed by atoms with Gasteiger partial charge >= 0.3 is 0 Å². The minimum absolute atomic E-state index is 0.0327. The van der Waals surface area contributed by atoms with E-state index >= 15 is 0 Å². The van der Waals surface area contributed by atoms with Gasteiger partial charge in [-0.25, -0.2) is 0 Å². The number of carbonyl (C=O) groups excluding carboxylic acids is 1. The molecule has 0 saturated heterocycles. The molecule has 0 N–H and O–H groups in total. The van der Waals surface area contributed by atoms with Gasteiger partial charge < -0.3 is 9.42 Å². The van der Waals surface area contributed by atoms with Gasteiger partial charge in [-0.2, -0.15) is 0 Å². The van der Waals surface area contributed by atoms with Crippen LogP contribution in [0.1, 0.15) is 30.1 Å². The van der Waals surface area contributed by atoms with Gasteiger partial charge in [0.05, 0.1) is 11.8 Å². The fraction of sp³-hybridized carbons (Fsp3) is 0.556. The van der Waals surface area contributed by atoms with Crippen molar-refractivity contribution in [3.05, 3.63) is 18.0 Å². The topological polar surface area (TPSA) is 46.3 Å². The Morgan fingerprint density at radius 3 is 3.00 bits per heavy atom. The van der Waals surface area contributed by atoms with Crippen molar-refractivity contribution < 1.29 is 9.32 Å². The van der Waals surface area contributed by atoms with Crippen LogP contribution in [0, 0.1) is 0 Å². The summed E-state index contributed by atoms with van der Waals surface area (Å²) in [5.74, 6) is -0.0327. The Kier molecular flexibility index (Phi) is 3.49. The van der Waals surface area contributed by atoms with E-state index in [0.29, 0.717) is 5.56 Å². The van der Waals surface area contributed by atoms with E-state index in [1.807, 2.05) is 0 Å². The number of aromatic nitrogens is 1. The maximum absolute atomic E-state index is 11.5. The third kappa shape index (κ3) is 2.57. The lowest BCUT2D eigenvalue weighted by molar-refractivity contribution is 0.0792. The van der Waals surface area contributed by atoms with Gasteiger partial charge in [-0.3, -0.25) is 4.79 Å². The molecule has 0 spiro atoms. The maximum atomic E-state index is 11.5. The number of amides is 1. The molecule has 0 aliphatic carbocycles. The summed E-state index contributed by atoms with van der Waals surface area (Å²) in [6, 6.07) is 0. The molecule has 1 aromatic heterocycles. The second-order valence-corrected chi connectivity index (χ2v) is 2.99. The Morgan fingerprint density at radius 1 is 1.69 bits per heavy atom. The summed E-state index contributed by atoms with van der Waals surface area (Å²) in [6.07, 6.45) is 4.91. The molecule has 1 rings (SSSR count). The highest BCUT2D eigenvalue weighted by Gasteiger charge is 2.12. The van der Waals surface area contributed by atoms with E-state index in [2.05, 4.69) is 16.6 Å². The van der Waals surface area contributed by atoms with E-state index in [-0.39, 0.29) is 5.91 Å². The van der Waals surface area contributed by atoms with Crippen molar-refractivity contribution in [2.24, 2.45) is 0 Å². The van der Waals surface area contributed by atoms with Crippen LogP contribution in [0.25, 0.3) is 0 Å². The highest BCUT2D eigenvalue weighted by molar-refractivity contribution is 5.93. The first kappa shape index (κ1) is 9.77. The molecule has 1 amide bonds. The molecule has 0 aliphatic rings. The van der Waals surface area contributed by atoms with Crippen LogP contribution in [0.5, 0.6) is 0 Å². The molecule has 0 aromatic carbocycles. The number of hydrogen-bond acceptors (Lipinski definition) is 3. The van der Waals surface area contributed by atoms with Crippen molar-refractivity contribution in [3.63, 3.8) is 0 Å². The zero-order valence-electron chi connectivity index (χ0n) is 7.99. The maximum Gasteiger partial charge on any atom is 0.258 e. The lowest BCUT2D eigenvalue weighted by Crippen LogP contribution is -2.27. The number of nitrogens with zero attached hydrogens (tertiary/aromatic N) is 2. The average Bonchev–Trinajstić information content (AvgIpc) is 2.65. The number of hydrogen-bond donors (Lipinski definition) is 0. The summed E-state index contributed by atoms with van der Waals surface area (Å²) in [6.45, 7) is 2.87. The highest BCUT2D eigenvalue weighted by atomic mass is 16.5. The molecule has 0 unspecified atom stereocenters. The molecule has 0 radical (unpaired) electrons. The largest absolute Gasteiger partial charge is 0.364 e. The molecule has 72 valence electrons. The number of carbonyl (C=O) groups is 1. The molecular formula is C9H14N2O2. The number of rotatable bonds is 4. The Bertz CT molecular complexity index is 257. The van der Waals surface area contributed by atoms with Gasteiger partial charge in [-0.15, -0.1) is 0 Å². The second-order valence-electron chi connectivity index (χ2n) is 2.99. The van der Waals surface area contributed by atoms with E-state index < -0.39 is 0 Å². The summed E-state index contributed by atoms with van der Waals surface area (Å²) in [5, 5.41) is 3.48. The Labute approximate surface area is 77.5 Å². The molecule has 0 aliphatic heterocycles. The number of unbranched alkanes of at least 4 members (excludes halogenated alkanes) is 1. The summed E-state index contributed by atoms with van der Waals surface area (Å²) in [7, 11) is 1.78. The molecule has 13 heavy (non-hydrogen) atoms. The van der Waals surface area contributed by atoms with Gasteiger partial charge in [0, 0.05) is 13.6 Å². The fourth-order valence-electron chi connectivity index (χ4n) is 1.03. The average molecular weight is 182 g/mol. The van der Waals surface area contributed by atoms with E-state index in [1.165, 1.54) is 12.5 Å². The SMILES string of the molecule is CCCCN(C)C(=O)c1cnoc1. The summed E-state index contributed by atoms with van der Waals surface area (Å²) >= 11 is 0. The molecule has 4 heteroatoms. The first-order valence-electron chi connectivity index (χ1n) is 4.40. The van der Waals surface area contributed by atoms with Crippen LogP contribution in [0.4, 0.5) is 0 Å². The first-order valence-corrected chi connectivity index (χ1v) is 4.40. The minimum Gasteiger partial charge on any atom is -0.364 e. The third-order valence-corrected chi connectivity index (χ3v) is 1.87. The van der Waals surface area contributed by atoms with Gasteiger partial charge in [0.2, 0.25) is 0 Å². The van der Waals surface area contributed by atoms with E-state index in [1.54, 1.807) is 11.9 Å². The second kappa shape index (κ2) is 4.64. The smallest absolute Gasteiger partial charge is 0.258 e. The molecule has 1 heterocycles. The molecule has 1 aromatic rings. The van der Waals surface area contributed by atoms with Crippen molar-refractivity contribution in [2.75, 3.05) is 13.6 Å². The van der Waals surface area contributed by atoms with Crippen LogP contribution >= 0.6 is 0 Å². The zero-order chi connectivity index (χ0) is 9.68. The van der Waals surface area contributed by atoms with Crippen molar-refractivity contribution in [3.8, 4) is 0 Å². The highest BCUT2D eigenvalue weighted by Crippen LogP contribution is 2.02. The molecule has 4 nitrogen and oxygen atoms in total. The molecule has 0 atom stereocenters. The van der Waals surface area contributed by atoms with Crippen molar-refractivity contribution in [1.29, 1.82) is 0 Å².